The van der Waals surface area contributed by atoms with Crippen LogP contribution in [0.5, 0.6) is 5.75 Å². The van der Waals surface area contributed by atoms with Crippen LogP contribution < -0.4 is 4.74 Å². The van der Waals surface area contributed by atoms with Crippen LogP contribution in [0, 0.1) is 6.92 Å². The van der Waals surface area contributed by atoms with Crippen molar-refractivity contribution in [2.24, 2.45) is 0 Å². The van der Waals surface area contributed by atoms with Crippen molar-refractivity contribution in [3.05, 3.63) is 71.6 Å². The Labute approximate surface area is 150 Å². The van der Waals surface area contributed by atoms with Crippen LogP contribution in [-0.2, 0) is 13.0 Å². The van der Waals surface area contributed by atoms with Crippen LogP contribution in [0.15, 0.2) is 59.0 Å². The molecule has 0 fully saturated rings. The van der Waals surface area contributed by atoms with Crippen LogP contribution in [0.1, 0.15) is 23.4 Å². The Morgan fingerprint density at radius 1 is 1.04 bits per heavy atom. The van der Waals surface area contributed by atoms with E-state index in [1.165, 1.54) is 5.56 Å². The number of hydrogen-bond acceptors (Lipinski definition) is 3. The molecule has 24 heavy (non-hydrogen) atoms. The van der Waals surface area contributed by atoms with Crippen LogP contribution in [0.25, 0.3) is 11.5 Å². The van der Waals surface area contributed by atoms with Crippen molar-refractivity contribution in [1.82, 2.24) is 4.98 Å². The molecular formula is C20H20BrNO2. The third kappa shape index (κ3) is 4.26. The summed E-state index contributed by atoms with van der Waals surface area (Å²) in [6.07, 6.45) is 2.22. The van der Waals surface area contributed by atoms with Gasteiger partial charge in [-0.3, -0.25) is 0 Å². The standard InChI is InChI=1S/C20H20BrNO2/c1-15-19(22-20(24-15)17-7-3-2-4-8-17)14-23-18-11-9-16(10-12-18)6-5-13-21/h2-4,7-12H,5-6,13-14H2,1H3. The van der Waals surface area contributed by atoms with Crippen molar-refractivity contribution in [3.8, 4) is 17.2 Å². The van der Waals surface area contributed by atoms with Crippen molar-refractivity contribution < 1.29 is 9.15 Å². The molecule has 0 N–H and O–H groups in total. The average molecular weight is 386 g/mol. The van der Waals surface area contributed by atoms with E-state index in [-0.39, 0.29) is 0 Å². The van der Waals surface area contributed by atoms with Gasteiger partial charge in [0.05, 0.1) is 0 Å². The second kappa shape index (κ2) is 8.15. The molecule has 0 spiro atoms. The molecule has 0 radical (unpaired) electrons. The molecule has 0 atom stereocenters. The van der Waals surface area contributed by atoms with Crippen molar-refractivity contribution in [3.63, 3.8) is 0 Å². The molecular weight excluding hydrogens is 366 g/mol. The first-order valence-corrected chi connectivity index (χ1v) is 9.18. The molecule has 3 nitrogen and oxygen atoms in total. The normalized spacial score (nSPS) is 10.8. The summed E-state index contributed by atoms with van der Waals surface area (Å²) in [5.74, 6) is 2.28. The quantitative estimate of drug-likeness (QED) is 0.499. The number of aryl methyl sites for hydroxylation is 2. The number of oxazole rings is 1. The van der Waals surface area contributed by atoms with Gasteiger partial charge in [-0.05, 0) is 49.6 Å². The predicted octanol–water partition coefficient (Wildman–Crippen LogP) is 5.56. The van der Waals surface area contributed by atoms with Crippen molar-refractivity contribution >= 4 is 15.9 Å². The zero-order chi connectivity index (χ0) is 16.8. The van der Waals surface area contributed by atoms with E-state index in [9.17, 15) is 0 Å². The summed E-state index contributed by atoms with van der Waals surface area (Å²) >= 11 is 3.46. The number of aromatic nitrogens is 1. The molecule has 0 amide bonds. The maximum absolute atomic E-state index is 5.85. The molecule has 0 bridgehead atoms. The molecule has 1 heterocycles. The summed E-state index contributed by atoms with van der Waals surface area (Å²) in [6, 6.07) is 18.2. The van der Waals surface area contributed by atoms with Gasteiger partial charge in [-0.15, -0.1) is 0 Å². The van der Waals surface area contributed by atoms with Gasteiger partial charge in [0.25, 0.3) is 0 Å². The zero-order valence-corrected chi connectivity index (χ0v) is 15.3. The van der Waals surface area contributed by atoms with Crippen LogP contribution in [0.2, 0.25) is 0 Å². The second-order valence-corrected chi connectivity index (χ2v) is 6.41. The first-order valence-electron chi connectivity index (χ1n) is 8.05. The summed E-state index contributed by atoms with van der Waals surface area (Å²) in [7, 11) is 0. The fraction of sp³-hybridized carbons (Fsp3) is 0.250. The monoisotopic (exact) mass is 385 g/mol. The highest BCUT2D eigenvalue weighted by atomic mass is 79.9. The highest BCUT2D eigenvalue weighted by Gasteiger charge is 2.11. The van der Waals surface area contributed by atoms with Gasteiger partial charge in [0.15, 0.2) is 0 Å². The van der Waals surface area contributed by atoms with Gasteiger partial charge in [-0.2, -0.15) is 0 Å². The maximum Gasteiger partial charge on any atom is 0.226 e. The predicted molar refractivity (Wildman–Crippen MR) is 99.6 cm³/mol. The first-order chi connectivity index (χ1) is 11.8. The lowest BCUT2D eigenvalue weighted by Gasteiger charge is -2.06. The number of nitrogens with zero attached hydrogens (tertiary/aromatic N) is 1. The molecule has 0 aliphatic heterocycles. The minimum absolute atomic E-state index is 0.406. The smallest absolute Gasteiger partial charge is 0.226 e. The van der Waals surface area contributed by atoms with Crippen molar-refractivity contribution in [2.75, 3.05) is 5.33 Å². The van der Waals surface area contributed by atoms with Crippen LogP contribution >= 0.6 is 15.9 Å². The van der Waals surface area contributed by atoms with Crippen LogP contribution in [-0.4, -0.2) is 10.3 Å². The van der Waals surface area contributed by atoms with Gasteiger partial charge in [-0.1, -0.05) is 46.3 Å². The lowest BCUT2D eigenvalue weighted by atomic mass is 10.1. The number of ether oxygens (including phenoxy) is 1. The van der Waals surface area contributed by atoms with E-state index in [1.54, 1.807) is 0 Å². The molecule has 2 aromatic carbocycles. The number of halogens is 1. The highest BCUT2D eigenvalue weighted by molar-refractivity contribution is 9.09. The molecule has 0 aliphatic carbocycles. The molecule has 1 aromatic heterocycles. The Morgan fingerprint density at radius 2 is 1.79 bits per heavy atom. The molecule has 0 saturated heterocycles. The van der Waals surface area contributed by atoms with Gasteiger partial charge in [-0.25, -0.2) is 4.98 Å². The zero-order valence-electron chi connectivity index (χ0n) is 13.7. The number of rotatable bonds is 7. The number of hydrogen-bond donors (Lipinski definition) is 0. The largest absolute Gasteiger partial charge is 0.487 e. The first kappa shape index (κ1) is 16.8. The summed E-state index contributed by atoms with van der Waals surface area (Å²) in [4.78, 5) is 4.56. The molecule has 0 unspecified atom stereocenters. The summed E-state index contributed by atoms with van der Waals surface area (Å²) in [6.45, 7) is 2.32. The van der Waals surface area contributed by atoms with Crippen LogP contribution in [0.3, 0.4) is 0 Å². The molecule has 3 rings (SSSR count). The fourth-order valence-electron chi connectivity index (χ4n) is 2.44. The second-order valence-electron chi connectivity index (χ2n) is 5.61. The minimum Gasteiger partial charge on any atom is -0.487 e. The molecule has 0 saturated carbocycles. The summed E-state index contributed by atoms with van der Waals surface area (Å²) in [5, 5.41) is 1.03. The topological polar surface area (TPSA) is 35.3 Å². The Hall–Kier alpha value is -2.07. The van der Waals surface area contributed by atoms with Crippen LogP contribution in [0.4, 0.5) is 0 Å². The van der Waals surface area contributed by atoms with Gasteiger partial charge >= 0.3 is 0 Å². The van der Waals surface area contributed by atoms with E-state index >= 15 is 0 Å². The molecule has 0 aliphatic rings. The molecule has 124 valence electrons. The Balaban J connectivity index is 1.63. The Kier molecular flexibility index (Phi) is 5.70. The summed E-state index contributed by atoms with van der Waals surface area (Å²) < 4.78 is 11.6. The third-order valence-electron chi connectivity index (χ3n) is 3.81. The van der Waals surface area contributed by atoms with E-state index < -0.39 is 0 Å². The van der Waals surface area contributed by atoms with Gasteiger partial charge in [0.2, 0.25) is 5.89 Å². The Bertz CT molecular complexity index is 766. The fourth-order valence-corrected chi connectivity index (χ4v) is 2.72. The minimum atomic E-state index is 0.406. The average Bonchev–Trinajstić information content (AvgIpc) is 3.01. The number of benzene rings is 2. The van der Waals surface area contributed by atoms with E-state index in [0.29, 0.717) is 12.5 Å². The van der Waals surface area contributed by atoms with Gasteiger partial charge < -0.3 is 9.15 Å². The van der Waals surface area contributed by atoms with E-state index in [0.717, 1.165) is 40.9 Å². The number of alkyl halides is 1. The lowest BCUT2D eigenvalue weighted by molar-refractivity contribution is 0.299. The molecule has 4 heteroatoms. The Morgan fingerprint density at radius 3 is 2.50 bits per heavy atom. The van der Waals surface area contributed by atoms with E-state index in [4.69, 9.17) is 9.15 Å². The van der Waals surface area contributed by atoms with Crippen molar-refractivity contribution in [2.45, 2.75) is 26.4 Å². The van der Waals surface area contributed by atoms with Gasteiger partial charge in [0.1, 0.15) is 23.8 Å². The summed E-state index contributed by atoms with van der Waals surface area (Å²) in [5.41, 5.74) is 3.13. The van der Waals surface area contributed by atoms with E-state index in [1.807, 2.05) is 49.4 Å². The highest BCUT2D eigenvalue weighted by Crippen LogP contribution is 2.22. The maximum atomic E-state index is 5.85. The van der Waals surface area contributed by atoms with Gasteiger partial charge in [0, 0.05) is 10.9 Å². The SMILES string of the molecule is Cc1oc(-c2ccccc2)nc1COc1ccc(CCCBr)cc1. The lowest BCUT2D eigenvalue weighted by Crippen LogP contribution is -1.98. The molecule has 3 aromatic rings. The van der Waals surface area contributed by atoms with E-state index in [2.05, 4.69) is 33.0 Å². The third-order valence-corrected chi connectivity index (χ3v) is 4.37. The van der Waals surface area contributed by atoms with Crippen molar-refractivity contribution in [1.29, 1.82) is 0 Å².